The molecule has 148 valence electrons. The van der Waals surface area contributed by atoms with E-state index in [2.05, 4.69) is 32.9 Å². The first-order valence-electron chi connectivity index (χ1n) is 10.1. The van der Waals surface area contributed by atoms with Gasteiger partial charge in [-0.1, -0.05) is 11.6 Å². The Labute approximate surface area is 162 Å². The van der Waals surface area contributed by atoms with Crippen LogP contribution in [-0.4, -0.2) is 22.8 Å². The van der Waals surface area contributed by atoms with Gasteiger partial charge in [-0.05, 0) is 77.5 Å². The minimum atomic E-state index is -0.246. The van der Waals surface area contributed by atoms with Gasteiger partial charge >= 0.3 is 5.97 Å². The van der Waals surface area contributed by atoms with Crippen molar-refractivity contribution in [2.75, 3.05) is 0 Å². The van der Waals surface area contributed by atoms with Crippen LogP contribution in [0.4, 0.5) is 0 Å². The second-order valence-electron chi connectivity index (χ2n) is 8.73. The number of rotatable bonds is 5. The maximum atomic E-state index is 11.0. The molecule has 0 radical (unpaired) electrons. The molecule has 3 atom stereocenters. The van der Waals surface area contributed by atoms with Crippen LogP contribution >= 0.6 is 0 Å². The molecule has 1 aliphatic heterocycles. The van der Waals surface area contributed by atoms with Gasteiger partial charge in [-0.25, -0.2) is 0 Å². The number of carbonyl (C=O) groups excluding carboxylic acids is 1. The summed E-state index contributed by atoms with van der Waals surface area (Å²) < 4.78 is 11.5. The molecular formula is C23H32O4. The highest BCUT2D eigenvalue weighted by Crippen LogP contribution is 2.53. The first-order chi connectivity index (χ1) is 12.7. The van der Waals surface area contributed by atoms with Gasteiger partial charge < -0.3 is 14.6 Å². The van der Waals surface area contributed by atoms with Crippen molar-refractivity contribution in [2.24, 2.45) is 5.92 Å². The van der Waals surface area contributed by atoms with E-state index in [0.29, 0.717) is 11.7 Å². The van der Waals surface area contributed by atoms with Crippen LogP contribution in [0.15, 0.2) is 23.8 Å². The number of allylic oxidation sites excluding steroid dienone is 2. The molecule has 1 aliphatic carbocycles. The maximum absolute atomic E-state index is 11.0. The Morgan fingerprint density at radius 2 is 2.15 bits per heavy atom. The van der Waals surface area contributed by atoms with E-state index in [4.69, 9.17) is 9.47 Å². The zero-order valence-electron chi connectivity index (χ0n) is 17.2. The number of benzene rings is 1. The molecule has 0 fully saturated rings. The number of phenols is 1. The lowest BCUT2D eigenvalue weighted by Gasteiger charge is -2.46. The molecule has 1 unspecified atom stereocenters. The minimum absolute atomic E-state index is 0.0833. The predicted molar refractivity (Wildman–Crippen MR) is 106 cm³/mol. The zero-order valence-corrected chi connectivity index (χ0v) is 17.2. The lowest BCUT2D eigenvalue weighted by molar-refractivity contribution is -0.145. The average Bonchev–Trinajstić information content (AvgIpc) is 2.52. The van der Waals surface area contributed by atoms with E-state index >= 15 is 0 Å². The highest BCUT2D eigenvalue weighted by molar-refractivity contribution is 5.66. The van der Waals surface area contributed by atoms with Crippen LogP contribution in [0.2, 0.25) is 0 Å². The summed E-state index contributed by atoms with van der Waals surface area (Å²) in [6.45, 7) is 9.84. The van der Waals surface area contributed by atoms with Gasteiger partial charge in [-0.15, -0.1) is 0 Å². The highest BCUT2D eigenvalue weighted by Gasteiger charge is 2.45. The third-order valence-electron chi connectivity index (χ3n) is 5.97. The summed E-state index contributed by atoms with van der Waals surface area (Å²) in [6.07, 6.45) is 6.94. The molecule has 27 heavy (non-hydrogen) atoms. The fourth-order valence-corrected chi connectivity index (χ4v) is 4.66. The van der Waals surface area contributed by atoms with Gasteiger partial charge in [0.15, 0.2) is 0 Å². The third-order valence-corrected chi connectivity index (χ3v) is 5.97. The molecule has 0 spiro atoms. The van der Waals surface area contributed by atoms with Crippen molar-refractivity contribution in [3.8, 4) is 11.5 Å². The summed E-state index contributed by atoms with van der Waals surface area (Å²) in [5.41, 5.74) is 3.15. The van der Waals surface area contributed by atoms with Crippen molar-refractivity contribution >= 4 is 5.97 Å². The Balaban J connectivity index is 1.79. The molecule has 1 aromatic carbocycles. The van der Waals surface area contributed by atoms with Gasteiger partial charge in [-0.3, -0.25) is 4.79 Å². The van der Waals surface area contributed by atoms with E-state index in [9.17, 15) is 9.90 Å². The third kappa shape index (κ3) is 4.31. The largest absolute Gasteiger partial charge is 0.507 e. The van der Waals surface area contributed by atoms with E-state index in [1.54, 1.807) is 0 Å². The van der Waals surface area contributed by atoms with Crippen LogP contribution < -0.4 is 4.74 Å². The summed E-state index contributed by atoms with van der Waals surface area (Å²) in [6, 6.07) is 3.97. The lowest BCUT2D eigenvalue weighted by atomic mass is 9.68. The molecule has 0 bridgehead atoms. The molecule has 0 saturated carbocycles. The molecule has 4 nitrogen and oxygen atoms in total. The van der Waals surface area contributed by atoms with Crippen molar-refractivity contribution in [1.29, 1.82) is 0 Å². The van der Waals surface area contributed by atoms with Crippen LogP contribution in [0.1, 0.15) is 77.3 Å². The fraction of sp³-hybridized carbons (Fsp3) is 0.609. The van der Waals surface area contributed by atoms with Gasteiger partial charge in [0.05, 0.1) is 6.10 Å². The average molecular weight is 373 g/mol. The van der Waals surface area contributed by atoms with Crippen molar-refractivity contribution in [3.05, 3.63) is 34.9 Å². The Bertz CT molecular complexity index is 747. The molecule has 1 heterocycles. The molecule has 3 rings (SSSR count). The van der Waals surface area contributed by atoms with E-state index in [1.807, 2.05) is 13.0 Å². The van der Waals surface area contributed by atoms with Gasteiger partial charge in [0.2, 0.25) is 0 Å². The number of phenolic OH excluding ortho intramolecular Hbond substituents is 1. The van der Waals surface area contributed by atoms with Crippen molar-refractivity contribution < 1.29 is 19.4 Å². The molecule has 1 aromatic rings. The normalized spacial score (nSPS) is 24.1. The second-order valence-corrected chi connectivity index (χ2v) is 8.73. The monoisotopic (exact) mass is 372 g/mol. The Morgan fingerprint density at radius 3 is 2.85 bits per heavy atom. The predicted octanol–water partition coefficient (Wildman–Crippen LogP) is 5.28. The number of aryl methyl sites for hydroxylation is 1. The fourth-order valence-electron chi connectivity index (χ4n) is 4.66. The first-order valence-corrected chi connectivity index (χ1v) is 10.1. The summed E-state index contributed by atoms with van der Waals surface area (Å²) in [7, 11) is 0. The summed E-state index contributed by atoms with van der Waals surface area (Å²) >= 11 is 0. The summed E-state index contributed by atoms with van der Waals surface area (Å²) in [5, 5.41) is 10.8. The van der Waals surface area contributed by atoms with Gasteiger partial charge in [0.1, 0.15) is 17.1 Å². The minimum Gasteiger partial charge on any atom is -0.507 e. The van der Waals surface area contributed by atoms with E-state index < -0.39 is 0 Å². The van der Waals surface area contributed by atoms with Gasteiger partial charge in [0, 0.05) is 24.3 Å². The summed E-state index contributed by atoms with van der Waals surface area (Å²) in [5.74, 6) is 1.52. The molecule has 4 heteroatoms. The molecule has 0 amide bonds. The van der Waals surface area contributed by atoms with Crippen LogP contribution in [0.5, 0.6) is 11.5 Å². The van der Waals surface area contributed by atoms with Crippen molar-refractivity contribution in [3.63, 3.8) is 0 Å². The van der Waals surface area contributed by atoms with Gasteiger partial charge in [-0.2, -0.15) is 0 Å². The zero-order chi connectivity index (χ0) is 19.8. The number of fused-ring (bicyclic) bond motifs is 3. The highest BCUT2D eigenvalue weighted by atomic mass is 16.5. The van der Waals surface area contributed by atoms with Crippen LogP contribution in [-0.2, 0) is 16.0 Å². The van der Waals surface area contributed by atoms with E-state index in [1.165, 1.54) is 12.5 Å². The van der Waals surface area contributed by atoms with Crippen LogP contribution in [0, 0.1) is 5.92 Å². The number of carbonyl (C=O) groups is 1. The van der Waals surface area contributed by atoms with E-state index in [0.717, 1.165) is 49.0 Å². The maximum Gasteiger partial charge on any atom is 0.302 e. The molecule has 0 aromatic heterocycles. The lowest BCUT2D eigenvalue weighted by Crippen LogP contribution is -2.45. The van der Waals surface area contributed by atoms with Crippen LogP contribution in [0.3, 0.4) is 0 Å². The first kappa shape index (κ1) is 19.8. The van der Waals surface area contributed by atoms with Gasteiger partial charge in [0.25, 0.3) is 0 Å². The second kappa shape index (κ2) is 7.57. The van der Waals surface area contributed by atoms with E-state index in [-0.39, 0.29) is 23.6 Å². The smallest absolute Gasteiger partial charge is 0.302 e. The number of aromatic hydroxyl groups is 1. The topological polar surface area (TPSA) is 55.8 Å². The Morgan fingerprint density at radius 1 is 1.41 bits per heavy atom. The molecule has 1 N–H and O–H groups in total. The number of ether oxygens (including phenoxy) is 2. The quantitative estimate of drug-likeness (QED) is 0.564. The SMILES string of the molecule is CC(=O)O[C@@H](C)CCCc1cc(O)c2c(c1)OC(C)(C)[C@@H]1CCC(C)=CC21. The number of esters is 1. The Kier molecular flexibility index (Phi) is 5.55. The molecule has 2 aliphatic rings. The summed E-state index contributed by atoms with van der Waals surface area (Å²) in [4.78, 5) is 11.0. The molecule has 0 saturated heterocycles. The van der Waals surface area contributed by atoms with Crippen LogP contribution in [0.25, 0.3) is 0 Å². The standard InChI is InChI=1S/C23H32O4/c1-14-9-10-19-18(11-14)22-20(25)12-17(13-21(22)27-23(19,4)5)8-6-7-15(2)26-16(3)24/h11-13,15,18-19,25H,6-10H2,1-5H3/t15-,18?,19+/m0/s1. The number of hydrogen-bond acceptors (Lipinski definition) is 4. The Hall–Kier alpha value is -1.97. The van der Waals surface area contributed by atoms with Crippen molar-refractivity contribution in [2.45, 2.75) is 84.3 Å². The van der Waals surface area contributed by atoms with Crippen molar-refractivity contribution in [1.82, 2.24) is 0 Å². The molecular weight excluding hydrogens is 340 g/mol. The number of hydrogen-bond donors (Lipinski definition) is 1.